The highest BCUT2D eigenvalue weighted by Crippen LogP contribution is 2.17. The van der Waals surface area contributed by atoms with E-state index in [1.807, 2.05) is 18.2 Å². The molecule has 3 nitrogen and oxygen atoms in total. The molecule has 0 amide bonds. The fourth-order valence-corrected chi connectivity index (χ4v) is 1.74. The molecule has 0 aliphatic heterocycles. The normalized spacial score (nSPS) is 10.3. The summed E-state index contributed by atoms with van der Waals surface area (Å²) >= 11 is 3.40. The minimum absolute atomic E-state index is 0.388. The molecule has 0 saturated heterocycles. The number of hydrogen-bond donors (Lipinski definition) is 2. The van der Waals surface area contributed by atoms with Gasteiger partial charge in [-0.3, -0.25) is 0 Å². The molecule has 0 radical (unpaired) electrons. The number of nitrogens with two attached hydrogens (primary N) is 2. The Morgan fingerprint density at radius 2 is 1.75 bits per heavy atom. The minimum Gasteiger partial charge on any atom is -0.396 e. The predicted octanol–water partition coefficient (Wildman–Crippen LogP) is 2.60. The zero-order chi connectivity index (χ0) is 11.5. The molecule has 82 valence electrons. The Morgan fingerprint density at radius 3 is 2.38 bits per heavy atom. The van der Waals surface area contributed by atoms with Crippen LogP contribution in [0.1, 0.15) is 11.1 Å². The first-order chi connectivity index (χ1) is 7.65. The van der Waals surface area contributed by atoms with E-state index < -0.39 is 0 Å². The first-order valence-electron chi connectivity index (χ1n) is 4.89. The van der Waals surface area contributed by atoms with Gasteiger partial charge in [0.05, 0.1) is 5.69 Å². The van der Waals surface area contributed by atoms with Crippen molar-refractivity contribution < 1.29 is 0 Å². The maximum absolute atomic E-state index is 5.70. The van der Waals surface area contributed by atoms with Crippen LogP contribution in [-0.2, 0) is 6.42 Å². The number of pyridine rings is 1. The van der Waals surface area contributed by atoms with Crippen LogP contribution in [0.2, 0.25) is 0 Å². The zero-order valence-electron chi connectivity index (χ0n) is 8.65. The SMILES string of the molecule is Nc1cc(Cc2ccc(Br)cc2)cnc1N. The highest BCUT2D eigenvalue weighted by Gasteiger charge is 2.00. The molecule has 0 aliphatic carbocycles. The van der Waals surface area contributed by atoms with E-state index in [0.29, 0.717) is 11.5 Å². The van der Waals surface area contributed by atoms with Crippen molar-refractivity contribution in [1.82, 2.24) is 4.98 Å². The first kappa shape index (κ1) is 11.0. The van der Waals surface area contributed by atoms with Crippen molar-refractivity contribution in [3.05, 3.63) is 52.1 Å². The van der Waals surface area contributed by atoms with E-state index >= 15 is 0 Å². The number of aromatic nitrogens is 1. The summed E-state index contributed by atoms with van der Waals surface area (Å²) in [5.41, 5.74) is 14.1. The van der Waals surface area contributed by atoms with Crippen molar-refractivity contribution in [1.29, 1.82) is 0 Å². The van der Waals surface area contributed by atoms with Crippen molar-refractivity contribution in [2.45, 2.75) is 6.42 Å². The molecular weight excluding hydrogens is 266 g/mol. The van der Waals surface area contributed by atoms with Gasteiger partial charge in [0.25, 0.3) is 0 Å². The third-order valence-corrected chi connectivity index (χ3v) is 2.86. The summed E-state index contributed by atoms with van der Waals surface area (Å²) in [7, 11) is 0. The lowest BCUT2D eigenvalue weighted by Gasteiger charge is -2.04. The van der Waals surface area contributed by atoms with Gasteiger partial charge in [-0.25, -0.2) is 4.98 Å². The number of halogens is 1. The van der Waals surface area contributed by atoms with E-state index in [9.17, 15) is 0 Å². The molecule has 4 heteroatoms. The van der Waals surface area contributed by atoms with Gasteiger partial charge in [0.2, 0.25) is 0 Å². The summed E-state index contributed by atoms with van der Waals surface area (Å²) in [6.45, 7) is 0. The summed E-state index contributed by atoms with van der Waals surface area (Å²) in [5, 5.41) is 0. The van der Waals surface area contributed by atoms with Crippen molar-refractivity contribution in [3.8, 4) is 0 Å². The van der Waals surface area contributed by atoms with Gasteiger partial charge in [-0.15, -0.1) is 0 Å². The standard InChI is InChI=1S/C12H12BrN3/c13-10-3-1-8(2-4-10)5-9-6-11(14)12(15)16-7-9/h1-4,6-7H,5,14H2,(H2,15,16). The van der Waals surface area contributed by atoms with Gasteiger partial charge < -0.3 is 11.5 Å². The highest BCUT2D eigenvalue weighted by atomic mass is 79.9. The van der Waals surface area contributed by atoms with Crippen LogP contribution in [-0.4, -0.2) is 4.98 Å². The molecule has 4 N–H and O–H groups in total. The second-order valence-electron chi connectivity index (χ2n) is 3.62. The largest absolute Gasteiger partial charge is 0.396 e. The monoisotopic (exact) mass is 277 g/mol. The Morgan fingerprint density at radius 1 is 1.06 bits per heavy atom. The maximum atomic E-state index is 5.70. The second kappa shape index (κ2) is 4.53. The molecule has 0 spiro atoms. The van der Waals surface area contributed by atoms with E-state index in [-0.39, 0.29) is 0 Å². The Hall–Kier alpha value is -1.55. The molecular formula is C12H12BrN3. The van der Waals surface area contributed by atoms with E-state index in [2.05, 4.69) is 33.0 Å². The van der Waals surface area contributed by atoms with Crippen molar-refractivity contribution >= 4 is 27.4 Å². The number of benzene rings is 1. The van der Waals surface area contributed by atoms with Crippen LogP contribution in [0.4, 0.5) is 11.5 Å². The van der Waals surface area contributed by atoms with Crippen molar-refractivity contribution in [3.63, 3.8) is 0 Å². The summed E-state index contributed by atoms with van der Waals surface area (Å²) < 4.78 is 1.08. The fraction of sp³-hybridized carbons (Fsp3) is 0.0833. The Balaban J connectivity index is 2.20. The number of nitrogens with zero attached hydrogens (tertiary/aromatic N) is 1. The van der Waals surface area contributed by atoms with Crippen molar-refractivity contribution in [2.75, 3.05) is 11.5 Å². The third-order valence-electron chi connectivity index (χ3n) is 2.33. The van der Waals surface area contributed by atoms with Crippen LogP contribution < -0.4 is 11.5 Å². The lowest BCUT2D eigenvalue weighted by molar-refractivity contribution is 1.15. The number of anilines is 2. The van der Waals surface area contributed by atoms with Crippen LogP contribution >= 0.6 is 15.9 Å². The quantitative estimate of drug-likeness (QED) is 0.887. The minimum atomic E-state index is 0.388. The summed E-state index contributed by atoms with van der Waals surface area (Å²) in [6.07, 6.45) is 2.57. The zero-order valence-corrected chi connectivity index (χ0v) is 10.2. The molecule has 16 heavy (non-hydrogen) atoms. The number of rotatable bonds is 2. The molecule has 1 aromatic heterocycles. The van der Waals surface area contributed by atoms with Gasteiger partial charge in [-0.2, -0.15) is 0 Å². The van der Waals surface area contributed by atoms with Crippen LogP contribution in [0.5, 0.6) is 0 Å². The molecule has 1 heterocycles. The Labute approximate surface area is 103 Å². The molecule has 1 aromatic carbocycles. The second-order valence-corrected chi connectivity index (χ2v) is 4.54. The van der Waals surface area contributed by atoms with Crippen LogP contribution in [0.15, 0.2) is 41.0 Å². The predicted molar refractivity (Wildman–Crippen MR) is 70.0 cm³/mol. The van der Waals surface area contributed by atoms with Gasteiger partial charge in [-0.1, -0.05) is 28.1 Å². The van der Waals surface area contributed by atoms with E-state index in [1.165, 1.54) is 5.56 Å². The van der Waals surface area contributed by atoms with Crippen molar-refractivity contribution in [2.24, 2.45) is 0 Å². The fourth-order valence-electron chi connectivity index (χ4n) is 1.47. The third kappa shape index (κ3) is 2.52. The smallest absolute Gasteiger partial charge is 0.146 e. The first-order valence-corrected chi connectivity index (χ1v) is 5.69. The molecule has 0 fully saturated rings. The average molecular weight is 278 g/mol. The molecule has 2 rings (SSSR count). The van der Waals surface area contributed by atoms with Gasteiger partial charge in [0, 0.05) is 10.7 Å². The highest BCUT2D eigenvalue weighted by molar-refractivity contribution is 9.10. The Bertz CT molecular complexity index is 494. The molecule has 0 unspecified atom stereocenters. The summed E-state index contributed by atoms with van der Waals surface area (Å²) in [5.74, 6) is 0.388. The Kier molecular flexibility index (Phi) is 3.10. The van der Waals surface area contributed by atoms with E-state index in [0.717, 1.165) is 16.5 Å². The molecule has 0 aliphatic rings. The summed E-state index contributed by atoms with van der Waals surface area (Å²) in [4.78, 5) is 4.04. The van der Waals surface area contributed by atoms with Crippen LogP contribution in [0.25, 0.3) is 0 Å². The molecule has 2 aromatic rings. The van der Waals surface area contributed by atoms with Crippen LogP contribution in [0, 0.1) is 0 Å². The van der Waals surface area contributed by atoms with Gasteiger partial charge in [-0.05, 0) is 35.7 Å². The molecule has 0 bridgehead atoms. The number of nitrogen functional groups attached to an aromatic ring is 2. The number of hydrogen-bond acceptors (Lipinski definition) is 3. The van der Waals surface area contributed by atoms with Gasteiger partial charge in [0.15, 0.2) is 0 Å². The lowest BCUT2D eigenvalue weighted by atomic mass is 10.1. The molecule has 0 saturated carbocycles. The lowest BCUT2D eigenvalue weighted by Crippen LogP contribution is -1.99. The van der Waals surface area contributed by atoms with E-state index in [1.54, 1.807) is 6.20 Å². The topological polar surface area (TPSA) is 64.9 Å². The summed E-state index contributed by atoms with van der Waals surface area (Å²) in [6, 6.07) is 10.0. The van der Waals surface area contributed by atoms with Crippen LogP contribution in [0.3, 0.4) is 0 Å². The maximum Gasteiger partial charge on any atom is 0.146 e. The van der Waals surface area contributed by atoms with Gasteiger partial charge >= 0.3 is 0 Å². The van der Waals surface area contributed by atoms with Gasteiger partial charge in [0.1, 0.15) is 5.82 Å². The van der Waals surface area contributed by atoms with E-state index in [4.69, 9.17) is 11.5 Å². The molecule has 0 atom stereocenters. The average Bonchev–Trinajstić information content (AvgIpc) is 2.27.